The van der Waals surface area contributed by atoms with Crippen molar-refractivity contribution < 1.29 is 8.78 Å². The lowest BCUT2D eigenvalue weighted by atomic mass is 10.1. The first-order valence-electron chi connectivity index (χ1n) is 5.79. The van der Waals surface area contributed by atoms with Gasteiger partial charge in [-0.25, -0.2) is 8.78 Å². The van der Waals surface area contributed by atoms with Crippen molar-refractivity contribution in [2.45, 2.75) is 6.42 Å². The van der Waals surface area contributed by atoms with Gasteiger partial charge in [-0.2, -0.15) is 0 Å². The van der Waals surface area contributed by atoms with E-state index in [1.165, 1.54) is 6.07 Å². The molecule has 0 amide bonds. The molecule has 0 saturated heterocycles. The number of halogens is 3. The summed E-state index contributed by atoms with van der Waals surface area (Å²) in [5, 5.41) is 3.59. The third kappa shape index (κ3) is 3.58. The van der Waals surface area contributed by atoms with Crippen molar-refractivity contribution in [3.05, 3.63) is 58.6 Å². The largest absolute Gasteiger partial charge is 0.395 e. The molecule has 0 unspecified atom stereocenters. The van der Waals surface area contributed by atoms with Crippen LogP contribution in [0.4, 0.5) is 20.2 Å². The van der Waals surface area contributed by atoms with Gasteiger partial charge in [-0.3, -0.25) is 0 Å². The summed E-state index contributed by atoms with van der Waals surface area (Å²) in [4.78, 5) is 0. The molecule has 2 rings (SSSR count). The van der Waals surface area contributed by atoms with Crippen LogP contribution in [0.2, 0.25) is 5.02 Å². The highest BCUT2D eigenvalue weighted by Crippen LogP contribution is 2.23. The van der Waals surface area contributed by atoms with Crippen molar-refractivity contribution in [2.24, 2.45) is 0 Å². The lowest BCUT2D eigenvalue weighted by Gasteiger charge is -2.10. The quantitative estimate of drug-likeness (QED) is 0.836. The number of rotatable bonds is 4. The summed E-state index contributed by atoms with van der Waals surface area (Å²) < 4.78 is 26.3. The summed E-state index contributed by atoms with van der Waals surface area (Å²) in [7, 11) is 0. The van der Waals surface area contributed by atoms with E-state index in [4.69, 9.17) is 17.3 Å². The van der Waals surface area contributed by atoms with Crippen molar-refractivity contribution in [3.8, 4) is 0 Å². The predicted molar refractivity (Wildman–Crippen MR) is 74.4 cm³/mol. The molecule has 2 nitrogen and oxygen atoms in total. The average Bonchev–Trinajstić information content (AvgIpc) is 2.37. The molecule has 2 aromatic rings. The van der Waals surface area contributed by atoms with Crippen LogP contribution in [0.1, 0.15) is 5.56 Å². The normalized spacial score (nSPS) is 10.5. The summed E-state index contributed by atoms with van der Waals surface area (Å²) in [6.45, 7) is 0.523. The van der Waals surface area contributed by atoms with Crippen LogP contribution in [0.5, 0.6) is 0 Å². The van der Waals surface area contributed by atoms with Crippen LogP contribution in [0, 0.1) is 11.6 Å². The van der Waals surface area contributed by atoms with Crippen molar-refractivity contribution in [1.29, 1.82) is 0 Å². The maximum Gasteiger partial charge on any atom is 0.151 e. The Kier molecular flexibility index (Phi) is 4.22. The minimum atomic E-state index is -0.756. The van der Waals surface area contributed by atoms with Crippen molar-refractivity contribution in [2.75, 3.05) is 17.6 Å². The van der Waals surface area contributed by atoms with Crippen LogP contribution in [0.25, 0.3) is 0 Å². The molecular formula is C14H13ClF2N2. The number of benzene rings is 2. The average molecular weight is 283 g/mol. The van der Waals surface area contributed by atoms with Gasteiger partial charge in [0.25, 0.3) is 0 Å². The Hall–Kier alpha value is -1.81. The maximum atomic E-state index is 13.2. The molecule has 2 aromatic carbocycles. The van der Waals surface area contributed by atoms with Gasteiger partial charge in [0.05, 0.1) is 11.4 Å². The lowest BCUT2D eigenvalue weighted by Crippen LogP contribution is -2.08. The molecule has 0 aliphatic heterocycles. The van der Waals surface area contributed by atoms with Crippen LogP contribution < -0.4 is 11.1 Å². The third-order valence-electron chi connectivity index (χ3n) is 2.74. The zero-order valence-corrected chi connectivity index (χ0v) is 10.8. The van der Waals surface area contributed by atoms with Gasteiger partial charge in [0.15, 0.2) is 5.82 Å². The summed E-state index contributed by atoms with van der Waals surface area (Å²) in [5.41, 5.74) is 6.80. The minimum absolute atomic E-state index is 0.0718. The van der Waals surface area contributed by atoms with E-state index in [0.717, 1.165) is 11.6 Å². The van der Waals surface area contributed by atoms with E-state index >= 15 is 0 Å². The van der Waals surface area contributed by atoms with Crippen molar-refractivity contribution in [1.82, 2.24) is 0 Å². The molecule has 0 spiro atoms. The zero-order valence-electron chi connectivity index (χ0n) is 10.1. The van der Waals surface area contributed by atoms with Gasteiger partial charge in [-0.1, -0.05) is 23.7 Å². The number of nitrogen functional groups attached to an aromatic ring is 1. The summed E-state index contributed by atoms with van der Waals surface area (Å²) in [6, 6.07) is 9.35. The summed E-state index contributed by atoms with van der Waals surface area (Å²) in [6.07, 6.45) is 0.703. The van der Waals surface area contributed by atoms with Crippen LogP contribution in [0.3, 0.4) is 0 Å². The van der Waals surface area contributed by atoms with Crippen molar-refractivity contribution >= 4 is 23.0 Å². The van der Waals surface area contributed by atoms with E-state index in [1.54, 1.807) is 12.1 Å². The Morgan fingerprint density at radius 2 is 1.79 bits per heavy atom. The van der Waals surface area contributed by atoms with Crippen LogP contribution in [-0.4, -0.2) is 6.54 Å². The summed E-state index contributed by atoms with van der Waals surface area (Å²) >= 11 is 5.78. The lowest BCUT2D eigenvalue weighted by molar-refractivity contribution is 0.587. The number of hydrogen-bond acceptors (Lipinski definition) is 2. The molecular weight excluding hydrogens is 270 g/mol. The van der Waals surface area contributed by atoms with Crippen molar-refractivity contribution in [3.63, 3.8) is 0 Å². The predicted octanol–water partition coefficient (Wildman–Crippen LogP) is 3.86. The number of nitrogens with one attached hydrogen (secondary N) is 1. The highest BCUT2D eigenvalue weighted by molar-refractivity contribution is 6.30. The number of nitrogens with two attached hydrogens (primary N) is 1. The molecule has 0 aliphatic rings. The first kappa shape index (κ1) is 13.6. The number of anilines is 2. The van der Waals surface area contributed by atoms with Gasteiger partial charge in [0, 0.05) is 17.6 Å². The van der Waals surface area contributed by atoms with Gasteiger partial charge in [-0.15, -0.1) is 0 Å². The molecule has 0 saturated carbocycles. The molecule has 3 N–H and O–H groups in total. The van der Waals surface area contributed by atoms with E-state index < -0.39 is 11.6 Å². The second-order valence-electron chi connectivity index (χ2n) is 4.15. The number of hydrogen-bond donors (Lipinski definition) is 2. The summed E-state index contributed by atoms with van der Waals surface area (Å²) in [5.74, 6) is -1.41. The SMILES string of the molecule is Nc1c(F)cc(F)cc1NCCc1ccc(Cl)cc1. The minimum Gasteiger partial charge on any atom is -0.395 e. The second-order valence-corrected chi connectivity index (χ2v) is 4.59. The van der Waals surface area contributed by atoms with E-state index in [9.17, 15) is 8.78 Å². The molecule has 0 atom stereocenters. The van der Waals surface area contributed by atoms with Gasteiger partial charge in [-0.05, 0) is 30.2 Å². The Morgan fingerprint density at radius 3 is 2.47 bits per heavy atom. The van der Waals surface area contributed by atoms with E-state index in [1.807, 2.05) is 12.1 Å². The van der Waals surface area contributed by atoms with Gasteiger partial charge < -0.3 is 11.1 Å². The fourth-order valence-corrected chi connectivity index (χ4v) is 1.85. The van der Waals surface area contributed by atoms with E-state index in [-0.39, 0.29) is 11.4 Å². The second kappa shape index (κ2) is 5.89. The Labute approximate surface area is 115 Å². The van der Waals surface area contributed by atoms with Crippen LogP contribution >= 0.6 is 11.6 Å². The standard InChI is InChI=1S/C14H13ClF2N2/c15-10-3-1-9(2-4-10)5-6-19-13-8-11(16)7-12(17)14(13)18/h1-4,7-8,19H,5-6,18H2. The highest BCUT2D eigenvalue weighted by Gasteiger charge is 2.07. The van der Waals surface area contributed by atoms with E-state index in [2.05, 4.69) is 5.32 Å². The monoisotopic (exact) mass is 282 g/mol. The topological polar surface area (TPSA) is 38.0 Å². The highest BCUT2D eigenvalue weighted by atomic mass is 35.5. The molecule has 0 fully saturated rings. The molecule has 0 aliphatic carbocycles. The molecule has 0 aromatic heterocycles. The Balaban J connectivity index is 1.98. The first-order valence-corrected chi connectivity index (χ1v) is 6.17. The van der Waals surface area contributed by atoms with Gasteiger partial charge in [0.1, 0.15) is 5.82 Å². The molecule has 0 radical (unpaired) electrons. The van der Waals surface area contributed by atoms with Crippen LogP contribution in [0.15, 0.2) is 36.4 Å². The fourth-order valence-electron chi connectivity index (χ4n) is 1.72. The smallest absolute Gasteiger partial charge is 0.151 e. The molecule has 0 bridgehead atoms. The molecule has 5 heteroatoms. The molecule has 19 heavy (non-hydrogen) atoms. The zero-order chi connectivity index (χ0) is 13.8. The Morgan fingerprint density at radius 1 is 1.11 bits per heavy atom. The van der Waals surface area contributed by atoms with Gasteiger partial charge in [0.2, 0.25) is 0 Å². The first-order chi connectivity index (χ1) is 9.06. The van der Waals surface area contributed by atoms with Crippen LogP contribution in [-0.2, 0) is 6.42 Å². The Bertz CT molecular complexity index is 570. The van der Waals surface area contributed by atoms with E-state index in [0.29, 0.717) is 18.0 Å². The van der Waals surface area contributed by atoms with Gasteiger partial charge >= 0.3 is 0 Å². The molecule has 0 heterocycles. The maximum absolute atomic E-state index is 13.2. The fraction of sp³-hybridized carbons (Fsp3) is 0.143. The molecule has 100 valence electrons. The third-order valence-corrected chi connectivity index (χ3v) is 2.99.